The molecule has 0 fully saturated rings. The minimum absolute atomic E-state index is 0. The van der Waals surface area contributed by atoms with Crippen LogP contribution in [0.5, 0.6) is 0 Å². The van der Waals surface area contributed by atoms with E-state index in [-0.39, 0.29) is 37.4 Å². The first-order valence-electron chi connectivity index (χ1n) is 23.9. The molecule has 3 heterocycles. The van der Waals surface area contributed by atoms with Gasteiger partial charge in [-0.1, -0.05) is 163 Å². The fourth-order valence-corrected chi connectivity index (χ4v) is 11.3. The maximum Gasteiger partial charge on any atom is 0.121 e. The van der Waals surface area contributed by atoms with Crippen LogP contribution in [0.2, 0.25) is 19.6 Å². The predicted octanol–water partition coefficient (Wildman–Crippen LogP) is 16.4. The quantitative estimate of drug-likeness (QED) is 0.0907. The van der Waals surface area contributed by atoms with Gasteiger partial charge >= 0.3 is 0 Å². The van der Waals surface area contributed by atoms with Crippen LogP contribution in [0, 0.1) is 12.1 Å². The molecule has 0 aliphatic heterocycles. The minimum Gasteiger partial charge on any atom is -0.501 e. The summed E-state index contributed by atoms with van der Waals surface area (Å²) in [5.41, 5.74) is 13.9. The molecule has 0 amide bonds. The van der Waals surface area contributed by atoms with E-state index in [1.54, 1.807) is 6.33 Å². The maximum absolute atomic E-state index is 6.97. The van der Waals surface area contributed by atoms with Crippen LogP contribution in [0.15, 0.2) is 162 Å². The van der Waals surface area contributed by atoms with Gasteiger partial charge in [-0.25, -0.2) is 4.98 Å². The van der Waals surface area contributed by atoms with Crippen LogP contribution in [0.25, 0.3) is 94.0 Å². The summed E-state index contributed by atoms with van der Waals surface area (Å²) in [6.07, 6.45) is 1.62. The van der Waals surface area contributed by atoms with E-state index in [0.29, 0.717) is 0 Å². The van der Waals surface area contributed by atoms with Crippen molar-refractivity contribution in [2.45, 2.75) is 85.4 Å². The largest absolute Gasteiger partial charge is 0.501 e. The summed E-state index contributed by atoms with van der Waals surface area (Å²) in [7, 11) is -1.62. The first kappa shape index (κ1) is 47.6. The van der Waals surface area contributed by atoms with Crippen molar-refractivity contribution in [1.29, 1.82) is 0 Å². The Kier molecular flexibility index (Phi) is 12.9. The Morgan fingerprint density at radius 2 is 1.33 bits per heavy atom. The number of nitrogens with zero attached hydrogens (tertiary/aromatic N) is 4. The van der Waals surface area contributed by atoms with Crippen molar-refractivity contribution >= 4 is 67.8 Å². The molecule has 0 spiro atoms. The number of rotatable bonds is 7. The summed E-state index contributed by atoms with van der Waals surface area (Å²) >= 11 is 0. The van der Waals surface area contributed by atoms with Gasteiger partial charge in [-0.3, -0.25) is 9.97 Å². The first-order valence-corrected chi connectivity index (χ1v) is 27.4. The van der Waals surface area contributed by atoms with E-state index in [0.717, 1.165) is 61.3 Å². The SMILES string of the molecule is CC(C)(C)c1cc(-c2[c-]cccc2)ncn1.CC(C)c1cc(-c2ccccc2)cc(C(C)C)c1-n1c(-c2[c-]ccc3c2oc2cc4c(ccc5cccc([Si](C)(C)C)c54)cc23)nc2ccccc21.[Ir]. The molecule has 5 nitrogen and oxygen atoms in total. The normalized spacial score (nSPS) is 12.1. The summed E-state index contributed by atoms with van der Waals surface area (Å²) in [5, 5.41) is 8.80. The molecule has 8 aromatic carbocycles. The van der Waals surface area contributed by atoms with Crippen LogP contribution in [0.1, 0.15) is 77.1 Å². The molecule has 0 bridgehead atoms. The Morgan fingerprint density at radius 1 is 0.623 bits per heavy atom. The summed E-state index contributed by atoms with van der Waals surface area (Å²) in [4.78, 5) is 14.0. The van der Waals surface area contributed by atoms with Gasteiger partial charge in [0.2, 0.25) is 0 Å². The molecular formula is C62H58IrN4OSi-2. The molecule has 69 heavy (non-hydrogen) atoms. The number of aromatic nitrogens is 4. The van der Waals surface area contributed by atoms with Crippen molar-refractivity contribution in [2.75, 3.05) is 0 Å². The third-order valence-corrected chi connectivity index (χ3v) is 15.2. The van der Waals surface area contributed by atoms with E-state index < -0.39 is 8.07 Å². The third kappa shape index (κ3) is 9.00. The van der Waals surface area contributed by atoms with Gasteiger partial charge in [-0.2, -0.15) is 0 Å². The monoisotopic (exact) mass is 1100 g/mol. The number of fused-ring (bicyclic) bond motifs is 7. The smallest absolute Gasteiger partial charge is 0.121 e. The number of hydrogen-bond donors (Lipinski definition) is 0. The van der Waals surface area contributed by atoms with Crippen LogP contribution >= 0.6 is 0 Å². The van der Waals surface area contributed by atoms with Gasteiger partial charge in [-0.15, -0.1) is 54.1 Å². The van der Waals surface area contributed by atoms with E-state index in [4.69, 9.17) is 9.40 Å². The Hall–Kier alpha value is -6.50. The molecule has 3 aromatic heterocycles. The molecule has 0 aliphatic rings. The second-order valence-electron chi connectivity index (χ2n) is 20.7. The van der Waals surface area contributed by atoms with Gasteiger partial charge in [0.1, 0.15) is 11.9 Å². The fourth-order valence-electron chi connectivity index (χ4n) is 9.64. The maximum atomic E-state index is 6.97. The standard InChI is InChI=1S/C48H43N2OSi.C14H15N2.Ir/c1-29(2)37-26-34(31-15-9-8-10-16-31)27-38(30(3)4)46(37)50-42-21-12-11-20-41(42)49-48(50)36-19-14-18-35-40-25-33-24-23-32-17-13-22-44(52(5,6)7)45(32)39(33)28-43(40)51-47(35)36;1-14(2,3)13-9-12(15-10-16-13)11-7-5-4-6-8-11;/h8-18,20-30H,1-7H3;4-7,9-10H,1-3H3;/q2*-1;. The van der Waals surface area contributed by atoms with Crippen LogP contribution < -0.4 is 5.19 Å². The van der Waals surface area contributed by atoms with Gasteiger partial charge in [0.05, 0.1) is 30.5 Å². The molecule has 0 N–H and O–H groups in total. The molecule has 0 atom stereocenters. The summed E-state index contributed by atoms with van der Waals surface area (Å²) in [6.45, 7) is 22.9. The molecule has 0 unspecified atom stereocenters. The second kappa shape index (κ2) is 18.8. The summed E-state index contributed by atoms with van der Waals surface area (Å²) in [5.74, 6) is 1.40. The number of furan rings is 1. The molecule has 0 saturated carbocycles. The fraction of sp³-hybridized carbons (Fsp3) is 0.210. The van der Waals surface area contributed by atoms with Crippen molar-refractivity contribution in [1.82, 2.24) is 19.5 Å². The molecule has 0 saturated heterocycles. The van der Waals surface area contributed by atoms with Crippen molar-refractivity contribution in [3.05, 3.63) is 187 Å². The third-order valence-electron chi connectivity index (χ3n) is 13.2. The zero-order chi connectivity index (χ0) is 47.5. The Labute approximate surface area is 421 Å². The van der Waals surface area contributed by atoms with E-state index in [1.165, 1.54) is 54.7 Å². The van der Waals surface area contributed by atoms with Gasteiger partial charge < -0.3 is 8.98 Å². The van der Waals surface area contributed by atoms with Crippen LogP contribution in [0.3, 0.4) is 0 Å². The number of benzene rings is 8. The molecule has 7 heteroatoms. The number of para-hydroxylation sites is 2. The van der Waals surface area contributed by atoms with E-state index >= 15 is 0 Å². The van der Waals surface area contributed by atoms with Crippen LogP contribution in [0.4, 0.5) is 0 Å². The average molecular weight is 1100 g/mol. The molecular weight excluding hydrogens is 1040 g/mol. The minimum atomic E-state index is -1.62. The van der Waals surface area contributed by atoms with Gasteiger partial charge in [0, 0.05) is 42.3 Å². The second-order valence-corrected chi connectivity index (χ2v) is 25.8. The van der Waals surface area contributed by atoms with E-state index in [2.05, 4.69) is 210 Å². The van der Waals surface area contributed by atoms with Gasteiger partial charge in [-0.05, 0) is 97.7 Å². The molecule has 0 aliphatic carbocycles. The van der Waals surface area contributed by atoms with E-state index in [1.807, 2.05) is 36.4 Å². The molecule has 347 valence electrons. The zero-order valence-electron chi connectivity index (χ0n) is 41.2. The topological polar surface area (TPSA) is 56.7 Å². The summed E-state index contributed by atoms with van der Waals surface area (Å²) in [6, 6.07) is 60.8. The van der Waals surface area contributed by atoms with E-state index in [9.17, 15) is 0 Å². The van der Waals surface area contributed by atoms with Crippen LogP contribution in [-0.2, 0) is 25.5 Å². The average Bonchev–Trinajstić information content (AvgIpc) is 3.91. The predicted molar refractivity (Wildman–Crippen MR) is 289 cm³/mol. The van der Waals surface area contributed by atoms with Crippen molar-refractivity contribution in [3.8, 4) is 39.5 Å². The van der Waals surface area contributed by atoms with Gasteiger partial charge in [0.25, 0.3) is 0 Å². The zero-order valence-corrected chi connectivity index (χ0v) is 44.6. The Balaban J connectivity index is 0.000000296. The molecule has 1 radical (unpaired) electrons. The number of hydrogen-bond acceptors (Lipinski definition) is 4. The Bertz CT molecular complexity index is 3620. The summed E-state index contributed by atoms with van der Waals surface area (Å²) < 4.78 is 9.35. The van der Waals surface area contributed by atoms with Crippen molar-refractivity contribution in [3.63, 3.8) is 0 Å². The van der Waals surface area contributed by atoms with Gasteiger partial charge in [0.15, 0.2) is 0 Å². The van der Waals surface area contributed by atoms with Crippen LogP contribution in [-0.4, -0.2) is 27.6 Å². The molecule has 11 aromatic rings. The first-order chi connectivity index (χ1) is 32.7. The Morgan fingerprint density at radius 3 is 2.03 bits per heavy atom. The number of imidazole rings is 1. The van der Waals surface area contributed by atoms with Crippen molar-refractivity contribution in [2.24, 2.45) is 0 Å². The van der Waals surface area contributed by atoms with Crippen molar-refractivity contribution < 1.29 is 24.5 Å². The molecule has 11 rings (SSSR count).